The van der Waals surface area contributed by atoms with Crippen LogP contribution in [0.25, 0.3) is 0 Å². The summed E-state index contributed by atoms with van der Waals surface area (Å²) in [4.78, 5) is 0.457. The lowest BCUT2D eigenvalue weighted by Crippen LogP contribution is -2.27. The largest absolute Gasteiger partial charge is 0.389 e. The van der Waals surface area contributed by atoms with E-state index in [1.54, 1.807) is 19.1 Å². The molecule has 1 aliphatic carbocycles. The van der Waals surface area contributed by atoms with Crippen LogP contribution in [0.1, 0.15) is 24.5 Å². The fraction of sp³-hybridized carbons (Fsp3) is 0.462. The molecule has 0 bridgehead atoms. The Bertz CT molecular complexity index is 611. The molecular formula is C13H18N2O2S2. The van der Waals surface area contributed by atoms with Gasteiger partial charge in [0.15, 0.2) is 0 Å². The zero-order valence-electron chi connectivity index (χ0n) is 11.0. The van der Waals surface area contributed by atoms with Crippen molar-refractivity contribution < 1.29 is 8.42 Å². The summed E-state index contributed by atoms with van der Waals surface area (Å²) in [5.74, 6) is 1.08. The smallest absolute Gasteiger partial charge is 0.240 e. The van der Waals surface area contributed by atoms with Crippen LogP contribution in [0.15, 0.2) is 23.1 Å². The van der Waals surface area contributed by atoms with Crippen molar-refractivity contribution in [2.75, 3.05) is 6.54 Å². The Balaban J connectivity index is 2.23. The van der Waals surface area contributed by atoms with Crippen LogP contribution in [-0.4, -0.2) is 20.0 Å². The van der Waals surface area contributed by atoms with Crippen molar-refractivity contribution in [3.63, 3.8) is 0 Å². The SMILES string of the molecule is Cc1ccc(C(N)=S)cc1S(=O)(=O)NCC1CC1C. The number of sulfonamides is 1. The molecular weight excluding hydrogens is 280 g/mol. The first kappa shape index (κ1) is 14.4. The molecule has 4 nitrogen and oxygen atoms in total. The van der Waals surface area contributed by atoms with Crippen LogP contribution in [0.3, 0.4) is 0 Å². The lowest BCUT2D eigenvalue weighted by molar-refractivity contribution is 0.574. The molecule has 0 heterocycles. The molecule has 2 atom stereocenters. The van der Waals surface area contributed by atoms with Gasteiger partial charge in [-0.3, -0.25) is 0 Å². The average molecular weight is 298 g/mol. The van der Waals surface area contributed by atoms with Gasteiger partial charge in [0.2, 0.25) is 10.0 Å². The molecule has 104 valence electrons. The summed E-state index contributed by atoms with van der Waals surface area (Å²) in [5.41, 5.74) is 6.80. The highest BCUT2D eigenvalue weighted by Crippen LogP contribution is 2.37. The topological polar surface area (TPSA) is 72.2 Å². The van der Waals surface area contributed by atoms with Crippen molar-refractivity contribution in [3.05, 3.63) is 29.3 Å². The van der Waals surface area contributed by atoms with Gasteiger partial charge in [0.05, 0.1) is 4.90 Å². The Morgan fingerprint density at radius 1 is 1.53 bits per heavy atom. The minimum absolute atomic E-state index is 0.201. The number of hydrogen-bond acceptors (Lipinski definition) is 3. The average Bonchev–Trinajstić information content (AvgIpc) is 3.03. The molecule has 0 amide bonds. The van der Waals surface area contributed by atoms with Gasteiger partial charge in [-0.25, -0.2) is 13.1 Å². The molecule has 0 spiro atoms. The van der Waals surface area contributed by atoms with Crippen LogP contribution in [-0.2, 0) is 10.0 Å². The van der Waals surface area contributed by atoms with Crippen molar-refractivity contribution >= 4 is 27.2 Å². The molecule has 0 aromatic heterocycles. The number of hydrogen-bond donors (Lipinski definition) is 2. The van der Waals surface area contributed by atoms with Crippen molar-refractivity contribution in [2.45, 2.75) is 25.2 Å². The summed E-state index contributed by atoms with van der Waals surface area (Å²) < 4.78 is 27.2. The van der Waals surface area contributed by atoms with Crippen LogP contribution in [0.5, 0.6) is 0 Å². The van der Waals surface area contributed by atoms with E-state index in [0.29, 0.717) is 29.5 Å². The van der Waals surface area contributed by atoms with E-state index < -0.39 is 10.0 Å². The number of nitrogens with two attached hydrogens (primary N) is 1. The summed E-state index contributed by atoms with van der Waals surface area (Å²) in [5, 5.41) is 0. The van der Waals surface area contributed by atoms with Crippen LogP contribution < -0.4 is 10.5 Å². The maximum absolute atomic E-state index is 12.3. The number of thiocarbonyl (C=S) groups is 1. The van der Waals surface area contributed by atoms with Gasteiger partial charge in [0.1, 0.15) is 4.99 Å². The van der Waals surface area contributed by atoms with E-state index in [1.165, 1.54) is 6.07 Å². The summed E-state index contributed by atoms with van der Waals surface area (Å²) in [7, 11) is -3.49. The Morgan fingerprint density at radius 3 is 2.68 bits per heavy atom. The summed E-state index contributed by atoms with van der Waals surface area (Å²) in [6.07, 6.45) is 1.09. The second-order valence-corrected chi connectivity index (χ2v) is 7.34. The van der Waals surface area contributed by atoms with E-state index in [9.17, 15) is 8.42 Å². The summed E-state index contributed by atoms with van der Waals surface area (Å²) >= 11 is 4.88. The van der Waals surface area contributed by atoms with Crippen LogP contribution in [0.4, 0.5) is 0 Å². The lowest BCUT2D eigenvalue weighted by Gasteiger charge is -2.10. The van der Waals surface area contributed by atoms with Gasteiger partial charge in [-0.05, 0) is 36.8 Å². The van der Waals surface area contributed by atoms with Crippen molar-refractivity contribution in [2.24, 2.45) is 17.6 Å². The molecule has 3 N–H and O–H groups in total. The Labute approximate surface area is 119 Å². The third-order valence-electron chi connectivity index (χ3n) is 3.57. The molecule has 0 saturated heterocycles. The summed E-state index contributed by atoms with van der Waals surface area (Å²) in [6.45, 7) is 4.38. The first-order valence-corrected chi connectivity index (χ1v) is 8.10. The molecule has 1 saturated carbocycles. The minimum atomic E-state index is -3.49. The van der Waals surface area contributed by atoms with Gasteiger partial charge in [0, 0.05) is 12.1 Å². The zero-order chi connectivity index (χ0) is 14.2. The quantitative estimate of drug-likeness (QED) is 0.809. The third-order valence-corrected chi connectivity index (χ3v) is 5.38. The fourth-order valence-electron chi connectivity index (χ4n) is 2.02. The second-order valence-electron chi connectivity index (χ2n) is 5.17. The van der Waals surface area contributed by atoms with Gasteiger partial charge in [-0.1, -0.05) is 31.3 Å². The lowest BCUT2D eigenvalue weighted by atomic mass is 10.1. The minimum Gasteiger partial charge on any atom is -0.389 e. The monoisotopic (exact) mass is 298 g/mol. The maximum Gasteiger partial charge on any atom is 0.240 e. The van der Waals surface area contributed by atoms with Gasteiger partial charge in [0.25, 0.3) is 0 Å². The maximum atomic E-state index is 12.3. The van der Waals surface area contributed by atoms with Crippen LogP contribution >= 0.6 is 12.2 Å². The zero-order valence-corrected chi connectivity index (χ0v) is 12.6. The van der Waals surface area contributed by atoms with Gasteiger partial charge in [-0.2, -0.15) is 0 Å². The molecule has 1 aliphatic rings. The van der Waals surface area contributed by atoms with Gasteiger partial charge >= 0.3 is 0 Å². The Kier molecular flexibility index (Phi) is 3.94. The highest BCUT2D eigenvalue weighted by atomic mass is 32.2. The fourth-order valence-corrected chi connectivity index (χ4v) is 3.51. The highest BCUT2D eigenvalue weighted by Gasteiger charge is 2.33. The Hall–Kier alpha value is -0.980. The van der Waals surface area contributed by atoms with E-state index in [2.05, 4.69) is 11.6 Å². The van der Waals surface area contributed by atoms with E-state index in [-0.39, 0.29) is 9.88 Å². The van der Waals surface area contributed by atoms with E-state index in [4.69, 9.17) is 18.0 Å². The van der Waals surface area contributed by atoms with Crippen molar-refractivity contribution in [1.82, 2.24) is 4.72 Å². The first-order chi connectivity index (χ1) is 8.81. The molecule has 2 rings (SSSR count). The molecule has 2 unspecified atom stereocenters. The van der Waals surface area contributed by atoms with Gasteiger partial charge in [-0.15, -0.1) is 0 Å². The predicted octanol–water partition coefficient (Wildman–Crippen LogP) is 1.56. The number of rotatable bonds is 5. The van der Waals surface area contributed by atoms with E-state index >= 15 is 0 Å². The normalized spacial score (nSPS) is 22.2. The molecule has 0 aliphatic heterocycles. The van der Waals surface area contributed by atoms with Crippen molar-refractivity contribution in [3.8, 4) is 0 Å². The van der Waals surface area contributed by atoms with Gasteiger partial charge < -0.3 is 5.73 Å². The molecule has 1 aromatic rings. The molecule has 0 radical (unpaired) electrons. The first-order valence-electron chi connectivity index (χ1n) is 6.21. The third kappa shape index (κ3) is 3.32. The Morgan fingerprint density at radius 2 is 2.16 bits per heavy atom. The van der Waals surface area contributed by atoms with Crippen molar-refractivity contribution in [1.29, 1.82) is 0 Å². The molecule has 1 aromatic carbocycles. The highest BCUT2D eigenvalue weighted by molar-refractivity contribution is 7.89. The van der Waals surface area contributed by atoms with E-state index in [0.717, 1.165) is 6.42 Å². The molecule has 6 heteroatoms. The second kappa shape index (κ2) is 5.19. The van der Waals surface area contributed by atoms with Crippen LogP contribution in [0.2, 0.25) is 0 Å². The number of benzene rings is 1. The standard InChI is InChI=1S/C13H18N2O2S2/c1-8-3-4-10(13(14)18)6-12(8)19(16,17)15-7-11-5-9(11)2/h3-4,6,9,11,15H,5,7H2,1-2H3,(H2,14,18). The molecule has 19 heavy (non-hydrogen) atoms. The van der Waals surface area contributed by atoms with Crippen LogP contribution in [0, 0.1) is 18.8 Å². The predicted molar refractivity (Wildman–Crippen MR) is 79.5 cm³/mol. The molecule has 1 fully saturated rings. The number of aryl methyl sites for hydroxylation is 1. The van der Waals surface area contributed by atoms with E-state index in [1.807, 2.05) is 0 Å². The summed E-state index contributed by atoms with van der Waals surface area (Å²) in [6, 6.07) is 5.00. The number of nitrogens with one attached hydrogen (secondary N) is 1.